The molecule has 0 spiro atoms. The molecule has 3 aliphatic heterocycles. The van der Waals surface area contributed by atoms with Crippen LogP contribution in [0, 0.1) is 5.41 Å². The lowest BCUT2D eigenvalue weighted by atomic mass is 9.62. The van der Waals surface area contributed by atoms with Crippen molar-refractivity contribution in [1.29, 1.82) is 0 Å². The van der Waals surface area contributed by atoms with Crippen LogP contribution in [0.4, 0.5) is 0 Å². The second-order valence-corrected chi connectivity index (χ2v) is 10.2. The highest BCUT2D eigenvalue weighted by Gasteiger charge is 2.53. The number of hydrogen-bond donors (Lipinski definition) is 1. The molecule has 0 aromatic heterocycles. The van der Waals surface area contributed by atoms with Crippen molar-refractivity contribution in [3.05, 3.63) is 29.8 Å². The van der Waals surface area contributed by atoms with Crippen LogP contribution in [0.25, 0.3) is 0 Å². The lowest BCUT2D eigenvalue weighted by Crippen LogP contribution is -2.50. The molecule has 0 amide bonds. The summed E-state index contributed by atoms with van der Waals surface area (Å²) in [6.45, 7) is 9.22. The molecular weight excluding hydrogens is 383 g/mol. The standard InChI is InChI=1S/C23H33BO6/c1-20(2)21(3,4)30-24(29-20)18-7-5-6-17(14-18)23-10-8-22(9-11-23,16-28-23)12-13-27-15-19(25)26/h5-7,14H,8-13,15-16H2,1-4H3,(H,25,26). The van der Waals surface area contributed by atoms with E-state index in [4.69, 9.17) is 23.9 Å². The molecule has 0 unspecified atom stereocenters. The van der Waals surface area contributed by atoms with Gasteiger partial charge in [-0.1, -0.05) is 24.3 Å². The van der Waals surface area contributed by atoms with Crippen LogP contribution in [0.5, 0.6) is 0 Å². The molecule has 4 aliphatic rings. The molecule has 1 saturated carbocycles. The Kier molecular flexibility index (Phi) is 5.54. The minimum Gasteiger partial charge on any atom is -0.480 e. The molecule has 0 radical (unpaired) electrons. The van der Waals surface area contributed by atoms with Crippen LogP contribution < -0.4 is 5.46 Å². The van der Waals surface area contributed by atoms with Gasteiger partial charge in [0.15, 0.2) is 0 Å². The van der Waals surface area contributed by atoms with Gasteiger partial charge in [0.05, 0.1) is 23.4 Å². The van der Waals surface area contributed by atoms with E-state index in [1.807, 2.05) is 0 Å². The quantitative estimate of drug-likeness (QED) is 0.543. The summed E-state index contributed by atoms with van der Waals surface area (Å²) >= 11 is 0. The van der Waals surface area contributed by atoms with Crippen molar-refractivity contribution in [3.8, 4) is 0 Å². The summed E-state index contributed by atoms with van der Waals surface area (Å²) in [4.78, 5) is 10.6. The van der Waals surface area contributed by atoms with Crippen molar-refractivity contribution in [1.82, 2.24) is 0 Å². The van der Waals surface area contributed by atoms with Crippen molar-refractivity contribution in [3.63, 3.8) is 0 Å². The number of carboxylic acid groups (broad SMARTS) is 1. The van der Waals surface area contributed by atoms with Crippen molar-refractivity contribution in [2.45, 2.75) is 76.6 Å². The average molecular weight is 416 g/mol. The first-order chi connectivity index (χ1) is 14.1. The van der Waals surface area contributed by atoms with Crippen LogP contribution in [0.1, 0.15) is 65.4 Å². The Hall–Kier alpha value is -1.41. The molecule has 4 fully saturated rings. The second kappa shape index (κ2) is 7.62. The number of ether oxygens (including phenoxy) is 2. The molecule has 6 nitrogen and oxygen atoms in total. The molecule has 2 bridgehead atoms. The highest BCUT2D eigenvalue weighted by atomic mass is 16.7. The summed E-state index contributed by atoms with van der Waals surface area (Å²) in [6, 6.07) is 8.49. The van der Waals surface area contributed by atoms with Gasteiger partial charge in [-0.3, -0.25) is 0 Å². The fourth-order valence-corrected chi connectivity index (χ4v) is 4.85. The molecule has 7 heteroatoms. The Bertz CT molecular complexity index is 764. The van der Waals surface area contributed by atoms with Crippen molar-refractivity contribution in [2.75, 3.05) is 19.8 Å². The van der Waals surface area contributed by atoms with Gasteiger partial charge in [-0.2, -0.15) is 0 Å². The van der Waals surface area contributed by atoms with Crippen LogP contribution >= 0.6 is 0 Å². The largest absolute Gasteiger partial charge is 0.494 e. The molecule has 3 heterocycles. The van der Waals surface area contributed by atoms with Gasteiger partial charge in [0, 0.05) is 6.61 Å². The third kappa shape index (κ3) is 3.93. The first-order valence-electron chi connectivity index (χ1n) is 11.0. The minimum absolute atomic E-state index is 0.115. The van der Waals surface area contributed by atoms with Crippen molar-refractivity contribution >= 4 is 18.6 Å². The Labute approximate surface area is 179 Å². The summed E-state index contributed by atoms with van der Waals surface area (Å²) in [5.41, 5.74) is 1.38. The monoisotopic (exact) mass is 416 g/mol. The van der Waals surface area contributed by atoms with E-state index < -0.39 is 5.97 Å². The smallest absolute Gasteiger partial charge is 0.480 e. The van der Waals surface area contributed by atoms with E-state index in [-0.39, 0.29) is 35.9 Å². The normalized spacial score (nSPS) is 31.8. The first kappa shape index (κ1) is 21.8. The zero-order valence-electron chi connectivity index (χ0n) is 18.5. The summed E-state index contributed by atoms with van der Waals surface area (Å²) in [5.74, 6) is -0.920. The predicted molar refractivity (Wildman–Crippen MR) is 114 cm³/mol. The number of carbonyl (C=O) groups is 1. The minimum atomic E-state index is -0.920. The number of aliphatic carboxylic acids is 1. The molecule has 1 N–H and O–H groups in total. The third-order valence-electron chi connectivity index (χ3n) is 7.71. The highest BCUT2D eigenvalue weighted by Crippen LogP contribution is 2.54. The number of rotatable bonds is 7. The van der Waals surface area contributed by atoms with E-state index in [9.17, 15) is 4.79 Å². The van der Waals surface area contributed by atoms with Gasteiger partial charge in [0.2, 0.25) is 0 Å². The Morgan fingerprint density at radius 1 is 1.10 bits per heavy atom. The van der Waals surface area contributed by atoms with E-state index in [2.05, 4.69) is 52.0 Å². The summed E-state index contributed by atoms with van der Waals surface area (Å²) in [7, 11) is -0.371. The predicted octanol–water partition coefficient (Wildman–Crippen LogP) is 3.26. The number of benzene rings is 1. The maximum Gasteiger partial charge on any atom is 0.494 e. The zero-order chi connectivity index (χ0) is 21.6. The van der Waals surface area contributed by atoms with E-state index in [0.717, 1.165) is 37.6 Å². The molecule has 1 aromatic rings. The Morgan fingerprint density at radius 2 is 1.77 bits per heavy atom. The lowest BCUT2D eigenvalue weighted by Gasteiger charge is -2.53. The number of carboxylic acids is 1. The van der Waals surface area contributed by atoms with E-state index >= 15 is 0 Å². The topological polar surface area (TPSA) is 74.2 Å². The van der Waals surface area contributed by atoms with Crippen LogP contribution in [0.3, 0.4) is 0 Å². The molecule has 0 atom stereocenters. The molecule has 3 saturated heterocycles. The molecule has 1 aromatic carbocycles. The third-order valence-corrected chi connectivity index (χ3v) is 7.71. The fraction of sp³-hybridized carbons (Fsp3) is 0.696. The average Bonchev–Trinajstić information content (AvgIpc) is 2.94. The van der Waals surface area contributed by atoms with Gasteiger partial charge < -0.3 is 23.9 Å². The van der Waals surface area contributed by atoms with Gasteiger partial charge in [0.25, 0.3) is 0 Å². The van der Waals surface area contributed by atoms with Crippen molar-refractivity contribution < 1.29 is 28.7 Å². The summed E-state index contributed by atoms with van der Waals surface area (Å²) in [6.07, 6.45) is 4.94. The summed E-state index contributed by atoms with van der Waals surface area (Å²) < 4.78 is 24.2. The molecule has 1 aliphatic carbocycles. The molecule has 164 valence electrons. The maximum absolute atomic E-state index is 10.6. The highest BCUT2D eigenvalue weighted by molar-refractivity contribution is 6.62. The van der Waals surface area contributed by atoms with Crippen LogP contribution in [-0.4, -0.2) is 49.2 Å². The van der Waals surface area contributed by atoms with Gasteiger partial charge in [0.1, 0.15) is 6.61 Å². The number of hydrogen-bond acceptors (Lipinski definition) is 5. The van der Waals surface area contributed by atoms with E-state index in [1.165, 1.54) is 5.56 Å². The SMILES string of the molecule is CC1(C)OB(c2cccc(C34CCC(CCOCC(=O)O)(CC3)CO4)c2)OC1(C)C. The van der Waals surface area contributed by atoms with Gasteiger partial charge in [-0.15, -0.1) is 0 Å². The van der Waals surface area contributed by atoms with E-state index in [0.29, 0.717) is 13.2 Å². The maximum atomic E-state index is 10.6. The van der Waals surface area contributed by atoms with E-state index in [1.54, 1.807) is 0 Å². The fourth-order valence-electron chi connectivity index (χ4n) is 4.85. The van der Waals surface area contributed by atoms with Gasteiger partial charge in [-0.05, 0) is 76.2 Å². The lowest BCUT2D eigenvalue weighted by molar-refractivity contribution is -0.194. The van der Waals surface area contributed by atoms with Crippen LogP contribution in [-0.2, 0) is 29.2 Å². The molecular formula is C23H33BO6. The summed E-state index contributed by atoms with van der Waals surface area (Å²) in [5, 5.41) is 8.73. The Morgan fingerprint density at radius 3 is 2.33 bits per heavy atom. The van der Waals surface area contributed by atoms with Crippen LogP contribution in [0.2, 0.25) is 0 Å². The van der Waals surface area contributed by atoms with Crippen molar-refractivity contribution in [2.24, 2.45) is 5.41 Å². The molecule has 30 heavy (non-hydrogen) atoms. The second-order valence-electron chi connectivity index (χ2n) is 10.2. The zero-order valence-corrected chi connectivity index (χ0v) is 18.5. The first-order valence-corrected chi connectivity index (χ1v) is 11.0. The number of fused-ring (bicyclic) bond motifs is 3. The van der Waals surface area contributed by atoms with Gasteiger partial charge >= 0.3 is 13.1 Å². The Balaban J connectivity index is 1.43. The molecule has 5 rings (SSSR count). The van der Waals surface area contributed by atoms with Crippen LogP contribution in [0.15, 0.2) is 24.3 Å². The van der Waals surface area contributed by atoms with Gasteiger partial charge in [-0.25, -0.2) is 4.79 Å².